The number of non-ortho nitro benzene ring substituents is 1. The number of thiocarbonyl (C=S) groups is 1. The van der Waals surface area contributed by atoms with E-state index in [1.54, 1.807) is 41.4 Å². The Morgan fingerprint density at radius 2 is 1.76 bits per heavy atom. The van der Waals surface area contributed by atoms with Gasteiger partial charge in [-0.15, -0.1) is 0 Å². The number of nitrogens with one attached hydrogen (secondary N) is 1. The van der Waals surface area contributed by atoms with Crippen LogP contribution in [0.2, 0.25) is 0 Å². The third kappa shape index (κ3) is 3.72. The molecule has 0 bridgehead atoms. The maximum absolute atomic E-state index is 14.9. The lowest BCUT2D eigenvalue weighted by molar-refractivity contribution is -0.384. The first-order valence-corrected chi connectivity index (χ1v) is 10.6. The van der Waals surface area contributed by atoms with Gasteiger partial charge in [0, 0.05) is 35.9 Å². The Bertz CT molecular complexity index is 1330. The topological polar surface area (TPSA) is 76.2 Å². The number of nitro groups is 1. The highest BCUT2D eigenvalue weighted by Crippen LogP contribution is 2.42. The third-order valence-corrected chi connectivity index (χ3v) is 5.95. The van der Waals surface area contributed by atoms with E-state index in [1.807, 2.05) is 41.1 Å². The highest BCUT2D eigenvalue weighted by Gasteiger charge is 2.43. The summed E-state index contributed by atoms with van der Waals surface area (Å²) in [6, 6.07) is 21.5. The molecule has 4 aromatic rings. The average Bonchev–Trinajstić information content (AvgIpc) is 3.44. The van der Waals surface area contributed by atoms with Crippen LogP contribution >= 0.6 is 12.2 Å². The Kier molecular flexibility index (Phi) is 5.31. The van der Waals surface area contributed by atoms with Crippen LogP contribution < -0.4 is 10.2 Å². The Labute approximate surface area is 194 Å². The first-order valence-electron chi connectivity index (χ1n) is 10.2. The average molecular weight is 460 g/mol. The standard InChI is InChI=1S/C24H18FN5O2S/c25-18-6-1-2-8-20(18)29-23(22(27-24(29)33)19-7-3-4-14-26-19)21-9-5-15-28(21)16-10-12-17(13-11-16)30(31)32/h1-15,22-23H,(H,27,33). The van der Waals surface area contributed by atoms with Gasteiger partial charge in [0.25, 0.3) is 5.69 Å². The van der Waals surface area contributed by atoms with Crippen LogP contribution in [0.15, 0.2) is 91.3 Å². The van der Waals surface area contributed by atoms with E-state index in [0.717, 1.165) is 17.1 Å². The molecule has 1 fully saturated rings. The number of anilines is 1. The molecule has 7 nitrogen and oxygen atoms in total. The Morgan fingerprint density at radius 3 is 2.45 bits per heavy atom. The third-order valence-electron chi connectivity index (χ3n) is 5.63. The normalized spacial score (nSPS) is 17.7. The Hall–Kier alpha value is -4.11. The smallest absolute Gasteiger partial charge is 0.269 e. The molecule has 0 amide bonds. The number of rotatable bonds is 5. The largest absolute Gasteiger partial charge is 0.351 e. The summed E-state index contributed by atoms with van der Waals surface area (Å²) in [6.45, 7) is 0. The quantitative estimate of drug-likeness (QED) is 0.254. The van der Waals surface area contributed by atoms with Crippen LogP contribution in [-0.4, -0.2) is 19.6 Å². The van der Waals surface area contributed by atoms with Gasteiger partial charge in [0.2, 0.25) is 0 Å². The molecule has 0 radical (unpaired) electrons. The highest BCUT2D eigenvalue weighted by molar-refractivity contribution is 7.80. The van der Waals surface area contributed by atoms with Gasteiger partial charge >= 0.3 is 0 Å². The van der Waals surface area contributed by atoms with E-state index in [9.17, 15) is 14.5 Å². The van der Waals surface area contributed by atoms with E-state index >= 15 is 0 Å². The van der Waals surface area contributed by atoms with Crippen molar-refractivity contribution < 1.29 is 9.31 Å². The first-order chi connectivity index (χ1) is 16.0. The zero-order chi connectivity index (χ0) is 22.9. The highest BCUT2D eigenvalue weighted by atomic mass is 32.1. The van der Waals surface area contributed by atoms with Gasteiger partial charge in [-0.2, -0.15) is 0 Å². The fourth-order valence-electron chi connectivity index (χ4n) is 4.17. The van der Waals surface area contributed by atoms with Crippen molar-refractivity contribution in [3.05, 3.63) is 119 Å². The summed E-state index contributed by atoms with van der Waals surface area (Å²) in [6.07, 6.45) is 3.57. The molecule has 0 saturated carbocycles. The van der Waals surface area contributed by atoms with Crippen LogP contribution in [0, 0.1) is 15.9 Å². The molecule has 9 heteroatoms. The summed E-state index contributed by atoms with van der Waals surface area (Å²) in [5.74, 6) is -0.387. The van der Waals surface area contributed by atoms with E-state index < -0.39 is 11.0 Å². The second kappa shape index (κ2) is 8.44. The van der Waals surface area contributed by atoms with Crippen molar-refractivity contribution in [3.63, 3.8) is 0 Å². The maximum Gasteiger partial charge on any atom is 0.269 e. The number of nitro benzene ring substituents is 1. The molecule has 2 aromatic heterocycles. The van der Waals surface area contributed by atoms with Gasteiger partial charge in [-0.05, 0) is 60.7 Å². The van der Waals surface area contributed by atoms with Gasteiger partial charge in [-0.1, -0.05) is 18.2 Å². The number of nitrogens with zero attached hydrogens (tertiary/aromatic N) is 4. The first kappa shape index (κ1) is 20.8. The van der Waals surface area contributed by atoms with Crippen LogP contribution in [0.1, 0.15) is 23.5 Å². The number of halogens is 1. The summed E-state index contributed by atoms with van der Waals surface area (Å²) in [5, 5.41) is 14.8. The van der Waals surface area contributed by atoms with Crippen LogP contribution in [0.3, 0.4) is 0 Å². The van der Waals surface area contributed by atoms with Crippen LogP contribution in [0.5, 0.6) is 0 Å². The van der Waals surface area contributed by atoms with E-state index in [4.69, 9.17) is 12.2 Å². The van der Waals surface area contributed by atoms with Crippen molar-refractivity contribution in [2.45, 2.75) is 12.1 Å². The molecule has 2 atom stereocenters. The molecule has 33 heavy (non-hydrogen) atoms. The second-order valence-corrected chi connectivity index (χ2v) is 7.91. The molecular weight excluding hydrogens is 441 g/mol. The van der Waals surface area contributed by atoms with Gasteiger partial charge in [0.1, 0.15) is 11.9 Å². The van der Waals surface area contributed by atoms with Crippen LogP contribution in [0.25, 0.3) is 5.69 Å². The molecule has 1 aliphatic rings. The Morgan fingerprint density at radius 1 is 1.00 bits per heavy atom. The van der Waals surface area contributed by atoms with Crippen molar-refractivity contribution >= 4 is 28.7 Å². The van der Waals surface area contributed by atoms with E-state index in [-0.39, 0.29) is 17.5 Å². The number of hydrogen-bond acceptors (Lipinski definition) is 4. The van der Waals surface area contributed by atoms with Gasteiger partial charge in [-0.3, -0.25) is 15.1 Å². The van der Waals surface area contributed by atoms with Crippen LogP contribution in [-0.2, 0) is 0 Å². The summed E-state index contributed by atoms with van der Waals surface area (Å²) in [5.41, 5.74) is 2.70. The summed E-state index contributed by atoms with van der Waals surface area (Å²) >= 11 is 5.65. The molecular formula is C24H18FN5O2S. The zero-order valence-electron chi connectivity index (χ0n) is 17.2. The lowest BCUT2D eigenvalue weighted by Gasteiger charge is -2.29. The predicted octanol–water partition coefficient (Wildman–Crippen LogP) is 5.10. The molecule has 2 aromatic carbocycles. The molecule has 0 aliphatic carbocycles. The Balaban J connectivity index is 1.65. The lowest BCUT2D eigenvalue weighted by atomic mass is 10.0. The summed E-state index contributed by atoms with van der Waals surface area (Å²) in [4.78, 5) is 16.9. The molecule has 2 unspecified atom stereocenters. The number of hydrogen-bond donors (Lipinski definition) is 1. The molecule has 3 heterocycles. The SMILES string of the molecule is O=[N+]([O-])c1ccc(-n2cccc2C2C(c3ccccn3)NC(=S)N2c2ccccc2F)cc1. The van der Waals surface area contributed by atoms with Crippen molar-refractivity contribution in [3.8, 4) is 5.69 Å². The minimum atomic E-state index is -0.434. The molecule has 5 rings (SSSR count). The monoisotopic (exact) mass is 459 g/mol. The molecule has 164 valence electrons. The van der Waals surface area contributed by atoms with Gasteiger partial charge in [-0.25, -0.2) is 4.39 Å². The zero-order valence-corrected chi connectivity index (χ0v) is 18.0. The molecule has 0 spiro atoms. The summed E-state index contributed by atoms with van der Waals surface area (Å²) in [7, 11) is 0. The van der Waals surface area contributed by atoms with Gasteiger partial charge < -0.3 is 14.8 Å². The summed E-state index contributed by atoms with van der Waals surface area (Å²) < 4.78 is 16.8. The number of aromatic nitrogens is 2. The van der Waals surface area contributed by atoms with E-state index in [0.29, 0.717) is 10.8 Å². The van der Waals surface area contributed by atoms with Crippen molar-refractivity contribution in [2.24, 2.45) is 0 Å². The maximum atomic E-state index is 14.9. The molecule has 1 N–H and O–H groups in total. The predicted molar refractivity (Wildman–Crippen MR) is 127 cm³/mol. The minimum absolute atomic E-state index is 0.00973. The number of pyridine rings is 1. The fourth-order valence-corrected chi connectivity index (χ4v) is 4.51. The van der Waals surface area contributed by atoms with Gasteiger partial charge in [0.15, 0.2) is 5.11 Å². The molecule has 1 aliphatic heterocycles. The van der Waals surface area contributed by atoms with Crippen molar-refractivity contribution in [1.29, 1.82) is 0 Å². The number of para-hydroxylation sites is 1. The van der Waals surface area contributed by atoms with E-state index in [1.165, 1.54) is 18.2 Å². The van der Waals surface area contributed by atoms with E-state index in [2.05, 4.69) is 10.3 Å². The fraction of sp³-hybridized carbons (Fsp3) is 0.0833. The minimum Gasteiger partial charge on any atom is -0.351 e. The van der Waals surface area contributed by atoms with Gasteiger partial charge in [0.05, 0.1) is 22.3 Å². The lowest BCUT2D eigenvalue weighted by Crippen LogP contribution is -2.31. The van der Waals surface area contributed by atoms with Crippen molar-refractivity contribution in [1.82, 2.24) is 14.9 Å². The second-order valence-electron chi connectivity index (χ2n) is 7.52. The van der Waals surface area contributed by atoms with Crippen molar-refractivity contribution in [2.75, 3.05) is 4.90 Å². The number of benzene rings is 2. The van der Waals surface area contributed by atoms with Crippen LogP contribution in [0.4, 0.5) is 15.8 Å². The molecule has 1 saturated heterocycles.